The standard InChI is InChI=1S/C16H14ClF2NO2/c17-13-3-1-2-11(6-13)10-22-5-4-20-16(21)12-7-14(18)9-15(19)8-12/h1-3,6-9H,4-5,10H2,(H,20,21). The summed E-state index contributed by atoms with van der Waals surface area (Å²) in [6.07, 6.45) is 0. The average Bonchev–Trinajstić information content (AvgIpc) is 2.45. The molecule has 1 amide bonds. The highest BCUT2D eigenvalue weighted by Crippen LogP contribution is 2.11. The Balaban J connectivity index is 1.73. The molecule has 0 aliphatic rings. The van der Waals surface area contributed by atoms with E-state index >= 15 is 0 Å². The molecule has 0 heterocycles. The van der Waals surface area contributed by atoms with E-state index in [1.54, 1.807) is 12.1 Å². The molecule has 0 atom stereocenters. The zero-order chi connectivity index (χ0) is 15.9. The van der Waals surface area contributed by atoms with Crippen molar-refractivity contribution in [3.8, 4) is 0 Å². The minimum Gasteiger partial charge on any atom is -0.375 e. The summed E-state index contributed by atoms with van der Waals surface area (Å²) in [6.45, 7) is 0.874. The molecule has 2 aromatic carbocycles. The van der Waals surface area contributed by atoms with E-state index in [-0.39, 0.29) is 18.7 Å². The third-order valence-corrected chi connectivity index (χ3v) is 3.05. The van der Waals surface area contributed by atoms with Gasteiger partial charge in [0.15, 0.2) is 0 Å². The highest BCUT2D eigenvalue weighted by Gasteiger charge is 2.08. The molecule has 0 bridgehead atoms. The zero-order valence-corrected chi connectivity index (χ0v) is 12.4. The van der Waals surface area contributed by atoms with Crippen LogP contribution in [0.5, 0.6) is 0 Å². The molecule has 0 aliphatic heterocycles. The van der Waals surface area contributed by atoms with Gasteiger partial charge in [-0.25, -0.2) is 8.78 Å². The first-order chi connectivity index (χ1) is 10.5. The molecule has 2 rings (SSSR count). The second kappa shape index (κ2) is 7.87. The zero-order valence-electron chi connectivity index (χ0n) is 11.6. The van der Waals surface area contributed by atoms with Crippen molar-refractivity contribution in [2.24, 2.45) is 0 Å². The van der Waals surface area contributed by atoms with Crippen molar-refractivity contribution >= 4 is 17.5 Å². The lowest BCUT2D eigenvalue weighted by Crippen LogP contribution is -2.27. The van der Waals surface area contributed by atoms with Crippen LogP contribution in [0.1, 0.15) is 15.9 Å². The molecule has 22 heavy (non-hydrogen) atoms. The molecule has 0 fully saturated rings. The molecule has 6 heteroatoms. The number of halogens is 3. The normalized spacial score (nSPS) is 10.5. The predicted molar refractivity (Wildman–Crippen MR) is 79.8 cm³/mol. The number of hydrogen-bond acceptors (Lipinski definition) is 2. The Morgan fingerprint density at radius 2 is 1.86 bits per heavy atom. The summed E-state index contributed by atoms with van der Waals surface area (Å²) in [4.78, 5) is 11.7. The molecule has 3 nitrogen and oxygen atoms in total. The number of carbonyl (C=O) groups excluding carboxylic acids is 1. The van der Waals surface area contributed by atoms with Crippen LogP contribution in [0.15, 0.2) is 42.5 Å². The van der Waals surface area contributed by atoms with E-state index < -0.39 is 17.5 Å². The molecule has 0 unspecified atom stereocenters. The van der Waals surface area contributed by atoms with Crippen LogP contribution in [0.3, 0.4) is 0 Å². The Bertz CT molecular complexity index is 644. The van der Waals surface area contributed by atoms with Crippen LogP contribution in [-0.4, -0.2) is 19.1 Å². The quantitative estimate of drug-likeness (QED) is 0.825. The number of benzene rings is 2. The minimum atomic E-state index is -0.789. The molecule has 0 aliphatic carbocycles. The van der Waals surface area contributed by atoms with Crippen LogP contribution in [0.2, 0.25) is 5.02 Å². The summed E-state index contributed by atoms with van der Waals surface area (Å²) in [5.41, 5.74) is 0.860. The van der Waals surface area contributed by atoms with E-state index in [0.29, 0.717) is 17.7 Å². The first-order valence-electron chi connectivity index (χ1n) is 6.61. The third-order valence-electron chi connectivity index (χ3n) is 2.81. The van der Waals surface area contributed by atoms with Gasteiger partial charge in [-0.2, -0.15) is 0 Å². The maximum Gasteiger partial charge on any atom is 0.251 e. The molecule has 0 radical (unpaired) electrons. The van der Waals surface area contributed by atoms with Crippen molar-refractivity contribution in [1.29, 1.82) is 0 Å². The van der Waals surface area contributed by atoms with Gasteiger partial charge in [-0.15, -0.1) is 0 Å². The summed E-state index contributed by atoms with van der Waals surface area (Å²) in [5, 5.41) is 3.16. The van der Waals surface area contributed by atoms with Gasteiger partial charge in [0, 0.05) is 23.2 Å². The van der Waals surface area contributed by atoms with Crippen LogP contribution in [-0.2, 0) is 11.3 Å². The molecule has 0 saturated carbocycles. The third kappa shape index (κ3) is 5.09. The molecule has 1 N–H and O–H groups in total. The molecular weight excluding hydrogens is 312 g/mol. The van der Waals surface area contributed by atoms with Gasteiger partial charge in [0.05, 0.1) is 13.2 Å². The molecule has 2 aromatic rings. The number of hydrogen-bond donors (Lipinski definition) is 1. The second-order valence-corrected chi connectivity index (χ2v) is 5.03. The summed E-state index contributed by atoms with van der Waals surface area (Å²) >= 11 is 5.85. The van der Waals surface area contributed by atoms with Crippen molar-refractivity contribution in [3.05, 3.63) is 70.2 Å². The van der Waals surface area contributed by atoms with Crippen LogP contribution in [0, 0.1) is 11.6 Å². The van der Waals surface area contributed by atoms with Crippen molar-refractivity contribution in [2.45, 2.75) is 6.61 Å². The monoisotopic (exact) mass is 325 g/mol. The van der Waals surface area contributed by atoms with E-state index in [1.807, 2.05) is 12.1 Å². The van der Waals surface area contributed by atoms with Crippen molar-refractivity contribution in [3.63, 3.8) is 0 Å². The van der Waals surface area contributed by atoms with Crippen LogP contribution < -0.4 is 5.32 Å². The molecule has 0 saturated heterocycles. The summed E-state index contributed by atoms with van der Waals surface area (Å²) in [5.74, 6) is -2.13. The largest absolute Gasteiger partial charge is 0.375 e. The van der Waals surface area contributed by atoms with Crippen molar-refractivity contribution in [2.75, 3.05) is 13.2 Å². The highest BCUT2D eigenvalue weighted by atomic mass is 35.5. The lowest BCUT2D eigenvalue weighted by atomic mass is 10.2. The Labute approximate surface area is 131 Å². The first-order valence-corrected chi connectivity index (χ1v) is 6.99. The number of carbonyl (C=O) groups is 1. The molecular formula is C16H14ClF2NO2. The topological polar surface area (TPSA) is 38.3 Å². The smallest absolute Gasteiger partial charge is 0.251 e. The van der Waals surface area contributed by atoms with Crippen LogP contribution in [0.25, 0.3) is 0 Å². The fourth-order valence-electron chi connectivity index (χ4n) is 1.84. The van der Waals surface area contributed by atoms with E-state index in [0.717, 1.165) is 17.7 Å². The van der Waals surface area contributed by atoms with Crippen LogP contribution >= 0.6 is 11.6 Å². The summed E-state index contributed by atoms with van der Waals surface area (Å²) in [7, 11) is 0. The fourth-order valence-corrected chi connectivity index (χ4v) is 2.05. The summed E-state index contributed by atoms with van der Waals surface area (Å²) in [6, 6.07) is 9.92. The van der Waals surface area contributed by atoms with Gasteiger partial charge in [0.25, 0.3) is 5.91 Å². The van der Waals surface area contributed by atoms with Gasteiger partial charge in [0.1, 0.15) is 11.6 Å². The Morgan fingerprint density at radius 3 is 2.55 bits per heavy atom. The summed E-state index contributed by atoms with van der Waals surface area (Å²) < 4.78 is 31.4. The predicted octanol–water partition coefficient (Wildman–Crippen LogP) is 3.56. The van der Waals surface area contributed by atoms with Crippen molar-refractivity contribution in [1.82, 2.24) is 5.32 Å². The van der Waals surface area contributed by atoms with Gasteiger partial charge >= 0.3 is 0 Å². The lowest BCUT2D eigenvalue weighted by molar-refractivity contribution is 0.0900. The Hall–Kier alpha value is -1.98. The van der Waals surface area contributed by atoms with Crippen LogP contribution in [0.4, 0.5) is 8.78 Å². The van der Waals surface area contributed by atoms with Gasteiger partial charge in [-0.3, -0.25) is 4.79 Å². The fraction of sp³-hybridized carbons (Fsp3) is 0.188. The van der Waals surface area contributed by atoms with E-state index in [1.165, 1.54) is 0 Å². The van der Waals surface area contributed by atoms with Gasteiger partial charge < -0.3 is 10.1 Å². The highest BCUT2D eigenvalue weighted by molar-refractivity contribution is 6.30. The SMILES string of the molecule is O=C(NCCOCc1cccc(Cl)c1)c1cc(F)cc(F)c1. The maximum absolute atomic E-state index is 13.0. The average molecular weight is 326 g/mol. The Kier molecular flexibility index (Phi) is 5.86. The second-order valence-electron chi connectivity index (χ2n) is 4.60. The number of nitrogens with one attached hydrogen (secondary N) is 1. The van der Waals surface area contributed by atoms with E-state index in [2.05, 4.69) is 5.32 Å². The lowest BCUT2D eigenvalue weighted by Gasteiger charge is -2.07. The maximum atomic E-state index is 13.0. The number of amides is 1. The number of ether oxygens (including phenoxy) is 1. The van der Waals surface area contributed by atoms with E-state index in [9.17, 15) is 13.6 Å². The molecule has 116 valence electrons. The van der Waals surface area contributed by atoms with Crippen molar-refractivity contribution < 1.29 is 18.3 Å². The van der Waals surface area contributed by atoms with E-state index in [4.69, 9.17) is 16.3 Å². The number of rotatable bonds is 6. The molecule has 0 aromatic heterocycles. The Morgan fingerprint density at radius 1 is 1.14 bits per heavy atom. The molecule has 0 spiro atoms. The van der Waals surface area contributed by atoms with Gasteiger partial charge in [-0.05, 0) is 29.8 Å². The van der Waals surface area contributed by atoms with Gasteiger partial charge in [0.2, 0.25) is 0 Å². The first kappa shape index (κ1) is 16.4. The minimum absolute atomic E-state index is 0.0626. The van der Waals surface area contributed by atoms with Gasteiger partial charge in [-0.1, -0.05) is 23.7 Å².